The molecule has 0 bridgehead atoms. The fraction of sp³-hybridized carbons (Fsp3) is 0.462. The monoisotopic (exact) mass is 220 g/mol. The van der Waals surface area contributed by atoms with Gasteiger partial charge in [0.05, 0.1) is 12.6 Å². The molecule has 1 atom stereocenters. The maximum absolute atomic E-state index is 11.4. The molecule has 0 saturated heterocycles. The number of likely N-dealkylation sites (N-methyl/N-ethyl adjacent to an activating group) is 1. The van der Waals surface area contributed by atoms with E-state index in [4.69, 9.17) is 0 Å². The highest BCUT2D eigenvalue weighted by Gasteiger charge is 2.09. The summed E-state index contributed by atoms with van der Waals surface area (Å²) in [5.74, 6) is 0.0224. The SMILES string of the molecule is CNCC(=O)NC(C)c1cc(C)cc(C)c1. The Morgan fingerprint density at radius 1 is 1.25 bits per heavy atom. The highest BCUT2D eigenvalue weighted by molar-refractivity contribution is 5.78. The molecule has 0 radical (unpaired) electrons. The van der Waals surface area contributed by atoms with Crippen molar-refractivity contribution >= 4 is 5.91 Å². The summed E-state index contributed by atoms with van der Waals surface area (Å²) in [5, 5.41) is 5.79. The number of carbonyl (C=O) groups is 1. The zero-order chi connectivity index (χ0) is 12.1. The molecule has 0 saturated carbocycles. The molecule has 1 aromatic rings. The van der Waals surface area contributed by atoms with Crippen LogP contribution in [0, 0.1) is 13.8 Å². The molecule has 1 aromatic carbocycles. The van der Waals surface area contributed by atoms with Crippen molar-refractivity contribution in [3.63, 3.8) is 0 Å². The van der Waals surface area contributed by atoms with Crippen LogP contribution in [0.4, 0.5) is 0 Å². The summed E-state index contributed by atoms with van der Waals surface area (Å²) < 4.78 is 0. The van der Waals surface area contributed by atoms with Crippen molar-refractivity contribution in [1.82, 2.24) is 10.6 Å². The first-order valence-electron chi connectivity index (χ1n) is 5.55. The number of benzene rings is 1. The summed E-state index contributed by atoms with van der Waals surface area (Å²) in [5.41, 5.74) is 3.61. The second-order valence-electron chi connectivity index (χ2n) is 4.24. The van der Waals surface area contributed by atoms with Crippen LogP contribution in [0.2, 0.25) is 0 Å². The van der Waals surface area contributed by atoms with E-state index in [0.29, 0.717) is 6.54 Å². The number of aryl methyl sites for hydroxylation is 2. The quantitative estimate of drug-likeness (QED) is 0.811. The van der Waals surface area contributed by atoms with Crippen molar-refractivity contribution in [2.24, 2.45) is 0 Å². The van der Waals surface area contributed by atoms with E-state index in [0.717, 1.165) is 5.56 Å². The molecule has 0 fully saturated rings. The van der Waals surface area contributed by atoms with Gasteiger partial charge in [0.1, 0.15) is 0 Å². The third-order valence-electron chi connectivity index (χ3n) is 2.46. The van der Waals surface area contributed by atoms with Crippen LogP contribution < -0.4 is 10.6 Å². The number of hydrogen-bond acceptors (Lipinski definition) is 2. The molecule has 16 heavy (non-hydrogen) atoms. The molecule has 3 heteroatoms. The maximum atomic E-state index is 11.4. The lowest BCUT2D eigenvalue weighted by molar-refractivity contribution is -0.120. The number of rotatable bonds is 4. The van der Waals surface area contributed by atoms with Gasteiger partial charge in [-0.1, -0.05) is 29.3 Å². The Morgan fingerprint density at radius 2 is 1.81 bits per heavy atom. The molecule has 1 rings (SSSR count). The molecule has 0 aliphatic carbocycles. The Hall–Kier alpha value is -1.35. The third kappa shape index (κ3) is 3.66. The first-order valence-corrected chi connectivity index (χ1v) is 5.55. The summed E-state index contributed by atoms with van der Waals surface area (Å²) in [4.78, 5) is 11.4. The standard InChI is InChI=1S/C13H20N2O/c1-9-5-10(2)7-12(6-9)11(3)15-13(16)8-14-4/h5-7,11,14H,8H2,1-4H3,(H,15,16). The predicted molar refractivity (Wildman–Crippen MR) is 66.4 cm³/mol. The minimum absolute atomic E-state index is 0.0224. The fourth-order valence-electron chi connectivity index (χ4n) is 1.80. The van der Waals surface area contributed by atoms with Crippen LogP contribution in [0.15, 0.2) is 18.2 Å². The van der Waals surface area contributed by atoms with Crippen LogP contribution in [0.1, 0.15) is 29.7 Å². The Bertz CT molecular complexity index is 354. The Morgan fingerprint density at radius 3 is 2.31 bits per heavy atom. The predicted octanol–water partition coefficient (Wildman–Crippen LogP) is 1.70. The van der Waals surface area contributed by atoms with Gasteiger partial charge in [-0.05, 0) is 33.4 Å². The van der Waals surface area contributed by atoms with Gasteiger partial charge < -0.3 is 10.6 Å². The summed E-state index contributed by atoms with van der Waals surface area (Å²) in [7, 11) is 1.76. The number of carbonyl (C=O) groups excluding carboxylic acids is 1. The molecule has 0 aliphatic heterocycles. The van der Waals surface area contributed by atoms with Gasteiger partial charge in [0.25, 0.3) is 0 Å². The second-order valence-corrected chi connectivity index (χ2v) is 4.24. The van der Waals surface area contributed by atoms with Crippen LogP contribution in [0.25, 0.3) is 0 Å². The first-order chi connectivity index (χ1) is 7.52. The molecule has 0 spiro atoms. The van der Waals surface area contributed by atoms with Gasteiger partial charge in [-0.25, -0.2) is 0 Å². The fourth-order valence-corrected chi connectivity index (χ4v) is 1.80. The average Bonchev–Trinajstić information content (AvgIpc) is 2.16. The van der Waals surface area contributed by atoms with Crippen LogP contribution >= 0.6 is 0 Å². The zero-order valence-corrected chi connectivity index (χ0v) is 10.4. The molecule has 0 heterocycles. The minimum atomic E-state index is 0.0224. The van der Waals surface area contributed by atoms with Crippen molar-refractivity contribution in [2.75, 3.05) is 13.6 Å². The highest BCUT2D eigenvalue weighted by atomic mass is 16.1. The van der Waals surface area contributed by atoms with E-state index in [1.807, 2.05) is 6.92 Å². The Kier molecular flexibility index (Phi) is 4.50. The van der Waals surface area contributed by atoms with E-state index in [1.54, 1.807) is 7.05 Å². The van der Waals surface area contributed by atoms with E-state index in [2.05, 4.69) is 42.7 Å². The lowest BCUT2D eigenvalue weighted by Crippen LogP contribution is -2.33. The normalized spacial score (nSPS) is 12.2. The van der Waals surface area contributed by atoms with E-state index in [1.165, 1.54) is 11.1 Å². The van der Waals surface area contributed by atoms with Crippen LogP contribution in [-0.2, 0) is 4.79 Å². The van der Waals surface area contributed by atoms with E-state index >= 15 is 0 Å². The molecule has 1 amide bonds. The smallest absolute Gasteiger partial charge is 0.234 e. The molecular formula is C13H20N2O. The number of hydrogen-bond donors (Lipinski definition) is 2. The molecule has 0 aromatic heterocycles. The number of nitrogens with one attached hydrogen (secondary N) is 2. The Labute approximate surface area is 97.2 Å². The van der Waals surface area contributed by atoms with Crippen LogP contribution in [-0.4, -0.2) is 19.5 Å². The summed E-state index contributed by atoms with van der Waals surface area (Å²) in [6.07, 6.45) is 0. The molecule has 0 aliphatic rings. The average molecular weight is 220 g/mol. The van der Waals surface area contributed by atoms with Crippen LogP contribution in [0.5, 0.6) is 0 Å². The lowest BCUT2D eigenvalue weighted by atomic mass is 10.0. The summed E-state index contributed by atoms with van der Waals surface area (Å²) in [6.45, 7) is 6.49. The summed E-state index contributed by atoms with van der Waals surface area (Å²) in [6, 6.07) is 6.40. The van der Waals surface area contributed by atoms with Crippen molar-refractivity contribution in [2.45, 2.75) is 26.8 Å². The molecular weight excluding hydrogens is 200 g/mol. The maximum Gasteiger partial charge on any atom is 0.234 e. The van der Waals surface area contributed by atoms with Crippen molar-refractivity contribution in [3.8, 4) is 0 Å². The lowest BCUT2D eigenvalue weighted by Gasteiger charge is -2.15. The van der Waals surface area contributed by atoms with E-state index in [9.17, 15) is 4.79 Å². The molecule has 3 nitrogen and oxygen atoms in total. The van der Waals surface area contributed by atoms with Gasteiger partial charge in [0, 0.05) is 0 Å². The molecule has 2 N–H and O–H groups in total. The van der Waals surface area contributed by atoms with Crippen LogP contribution in [0.3, 0.4) is 0 Å². The molecule has 88 valence electrons. The van der Waals surface area contributed by atoms with Gasteiger partial charge in [-0.3, -0.25) is 4.79 Å². The van der Waals surface area contributed by atoms with Gasteiger partial charge in [-0.2, -0.15) is 0 Å². The van der Waals surface area contributed by atoms with Gasteiger partial charge in [0.2, 0.25) is 5.91 Å². The van der Waals surface area contributed by atoms with Gasteiger partial charge in [-0.15, -0.1) is 0 Å². The minimum Gasteiger partial charge on any atom is -0.348 e. The zero-order valence-electron chi connectivity index (χ0n) is 10.4. The second kappa shape index (κ2) is 5.66. The van der Waals surface area contributed by atoms with E-state index < -0.39 is 0 Å². The van der Waals surface area contributed by atoms with Gasteiger partial charge >= 0.3 is 0 Å². The Balaban J connectivity index is 2.72. The first kappa shape index (κ1) is 12.7. The van der Waals surface area contributed by atoms with Gasteiger partial charge in [0.15, 0.2) is 0 Å². The number of amides is 1. The largest absolute Gasteiger partial charge is 0.348 e. The van der Waals surface area contributed by atoms with Crippen molar-refractivity contribution in [1.29, 1.82) is 0 Å². The highest BCUT2D eigenvalue weighted by Crippen LogP contribution is 2.16. The molecule has 1 unspecified atom stereocenters. The van der Waals surface area contributed by atoms with E-state index in [-0.39, 0.29) is 11.9 Å². The third-order valence-corrected chi connectivity index (χ3v) is 2.46. The summed E-state index contributed by atoms with van der Waals surface area (Å²) >= 11 is 0. The topological polar surface area (TPSA) is 41.1 Å². The van der Waals surface area contributed by atoms with Crippen molar-refractivity contribution < 1.29 is 4.79 Å². The van der Waals surface area contributed by atoms with Crippen molar-refractivity contribution in [3.05, 3.63) is 34.9 Å².